The Balaban J connectivity index is 3.97. The van der Waals surface area contributed by atoms with Gasteiger partial charge < -0.3 is 14.2 Å². The maximum absolute atomic E-state index is 12.8. The Labute approximate surface area is 430 Å². The van der Waals surface area contributed by atoms with E-state index in [0.29, 0.717) is 19.3 Å². The average molecular weight is 972 g/mol. The zero-order chi connectivity index (χ0) is 50.0. The first-order chi connectivity index (χ1) is 34.0. The Bertz CT molecular complexity index is 1110. The number of ether oxygens (including phenoxy) is 3. The molecule has 1 atom stereocenters. The maximum atomic E-state index is 12.8. The number of rotatable bonds is 57. The van der Waals surface area contributed by atoms with Crippen molar-refractivity contribution in [3.05, 3.63) is 24.3 Å². The first kappa shape index (κ1) is 66.9. The normalized spacial score (nSPS) is 12.1. The number of carbonyl (C=O) groups excluding carboxylic acids is 3. The average Bonchev–Trinajstić information content (AvgIpc) is 3.35. The van der Waals surface area contributed by atoms with Crippen molar-refractivity contribution in [2.75, 3.05) is 13.2 Å². The van der Waals surface area contributed by atoms with Crippen LogP contribution in [0, 0.1) is 0 Å². The Morgan fingerprint density at radius 1 is 0.290 bits per heavy atom. The molecule has 406 valence electrons. The topological polar surface area (TPSA) is 78.9 Å². The minimum absolute atomic E-state index is 0.0645. The molecule has 0 aliphatic carbocycles. The van der Waals surface area contributed by atoms with Gasteiger partial charge in [-0.2, -0.15) is 0 Å². The molecule has 1 unspecified atom stereocenters. The lowest BCUT2D eigenvalue weighted by molar-refractivity contribution is -0.167. The number of allylic oxidation sites excluding steroid dienone is 4. The van der Waals surface area contributed by atoms with Gasteiger partial charge in [0.05, 0.1) is 0 Å². The van der Waals surface area contributed by atoms with Crippen LogP contribution in [0.2, 0.25) is 0 Å². The van der Waals surface area contributed by atoms with Gasteiger partial charge in [-0.1, -0.05) is 295 Å². The molecule has 0 N–H and O–H groups in total. The van der Waals surface area contributed by atoms with E-state index in [1.807, 2.05) is 0 Å². The molecule has 0 amide bonds. The highest BCUT2D eigenvalue weighted by molar-refractivity contribution is 5.71. The first-order valence-electron chi connectivity index (χ1n) is 30.8. The smallest absolute Gasteiger partial charge is 0.306 e. The van der Waals surface area contributed by atoms with E-state index in [-0.39, 0.29) is 31.1 Å². The van der Waals surface area contributed by atoms with Gasteiger partial charge in [0.25, 0.3) is 0 Å². The van der Waals surface area contributed by atoms with E-state index < -0.39 is 6.10 Å². The molecule has 6 heteroatoms. The van der Waals surface area contributed by atoms with Crippen molar-refractivity contribution in [1.82, 2.24) is 0 Å². The molecule has 0 saturated heterocycles. The molecule has 69 heavy (non-hydrogen) atoms. The molecule has 6 nitrogen and oxygen atoms in total. The van der Waals surface area contributed by atoms with Gasteiger partial charge in [0.15, 0.2) is 6.10 Å². The van der Waals surface area contributed by atoms with Gasteiger partial charge in [-0.15, -0.1) is 0 Å². The molecule has 0 aromatic carbocycles. The predicted octanol–water partition coefficient (Wildman–Crippen LogP) is 20.7. The summed E-state index contributed by atoms with van der Waals surface area (Å²) in [7, 11) is 0. The van der Waals surface area contributed by atoms with Crippen LogP contribution in [0.4, 0.5) is 0 Å². The molecule has 0 aliphatic heterocycles. The number of hydrogen-bond donors (Lipinski definition) is 0. The van der Waals surface area contributed by atoms with E-state index in [9.17, 15) is 14.4 Å². The third kappa shape index (κ3) is 56.7. The minimum Gasteiger partial charge on any atom is -0.462 e. The number of unbranched alkanes of at least 4 members (excludes halogenated alkanes) is 42. The lowest BCUT2D eigenvalue weighted by atomic mass is 10.0. The largest absolute Gasteiger partial charge is 0.462 e. The summed E-state index contributed by atoms with van der Waals surface area (Å²) < 4.78 is 16.8. The Hall–Kier alpha value is -2.11. The summed E-state index contributed by atoms with van der Waals surface area (Å²) in [4.78, 5) is 38.0. The van der Waals surface area contributed by atoms with Crippen molar-refractivity contribution in [3.8, 4) is 0 Å². The van der Waals surface area contributed by atoms with E-state index in [1.54, 1.807) is 0 Å². The Morgan fingerprint density at radius 2 is 0.522 bits per heavy atom. The lowest BCUT2D eigenvalue weighted by Gasteiger charge is -2.18. The summed E-state index contributed by atoms with van der Waals surface area (Å²) in [6, 6.07) is 0. The van der Waals surface area contributed by atoms with Crippen LogP contribution >= 0.6 is 0 Å². The van der Waals surface area contributed by atoms with Crippen LogP contribution < -0.4 is 0 Å². The van der Waals surface area contributed by atoms with E-state index in [4.69, 9.17) is 14.2 Å². The highest BCUT2D eigenvalue weighted by atomic mass is 16.6. The summed E-state index contributed by atoms with van der Waals surface area (Å²) in [5.41, 5.74) is 0. The van der Waals surface area contributed by atoms with Gasteiger partial charge in [-0.3, -0.25) is 14.4 Å². The van der Waals surface area contributed by atoms with Gasteiger partial charge in [-0.05, 0) is 51.4 Å². The number of hydrogen-bond acceptors (Lipinski definition) is 6. The zero-order valence-electron chi connectivity index (χ0n) is 46.6. The second kappa shape index (κ2) is 58.5. The molecular formula is C63H118O6. The van der Waals surface area contributed by atoms with Crippen molar-refractivity contribution >= 4 is 17.9 Å². The first-order valence-corrected chi connectivity index (χ1v) is 30.8. The minimum atomic E-state index is -0.762. The monoisotopic (exact) mass is 971 g/mol. The van der Waals surface area contributed by atoms with Crippen LogP contribution in [0.5, 0.6) is 0 Å². The van der Waals surface area contributed by atoms with Gasteiger partial charge in [-0.25, -0.2) is 0 Å². The van der Waals surface area contributed by atoms with E-state index in [0.717, 1.165) is 64.2 Å². The zero-order valence-corrected chi connectivity index (χ0v) is 46.6. The van der Waals surface area contributed by atoms with Gasteiger partial charge in [0, 0.05) is 19.3 Å². The van der Waals surface area contributed by atoms with E-state index in [1.165, 1.54) is 238 Å². The summed E-state index contributed by atoms with van der Waals surface area (Å²) in [5, 5.41) is 0. The fraction of sp³-hybridized carbons (Fsp3) is 0.889. The molecule has 0 bridgehead atoms. The van der Waals surface area contributed by atoms with Crippen molar-refractivity contribution in [3.63, 3.8) is 0 Å². The summed E-state index contributed by atoms with van der Waals surface area (Å²) in [6.07, 6.45) is 69.3. The number of esters is 3. The van der Waals surface area contributed by atoms with E-state index >= 15 is 0 Å². The molecule has 0 spiro atoms. The summed E-state index contributed by atoms with van der Waals surface area (Å²) in [5.74, 6) is -0.847. The highest BCUT2D eigenvalue weighted by Gasteiger charge is 2.19. The quantitative estimate of drug-likeness (QED) is 0.0261. The Morgan fingerprint density at radius 3 is 0.797 bits per heavy atom. The van der Waals surface area contributed by atoms with Crippen LogP contribution in [-0.4, -0.2) is 37.2 Å². The molecule has 0 rings (SSSR count). The maximum Gasteiger partial charge on any atom is 0.306 e. The summed E-state index contributed by atoms with van der Waals surface area (Å²) >= 11 is 0. The van der Waals surface area contributed by atoms with Crippen LogP contribution in [0.15, 0.2) is 24.3 Å². The molecule has 0 aliphatic rings. The molecule has 0 aromatic heterocycles. The van der Waals surface area contributed by atoms with Gasteiger partial charge in [0.1, 0.15) is 13.2 Å². The predicted molar refractivity (Wildman–Crippen MR) is 298 cm³/mol. The number of carbonyl (C=O) groups is 3. The highest BCUT2D eigenvalue weighted by Crippen LogP contribution is 2.17. The van der Waals surface area contributed by atoms with E-state index in [2.05, 4.69) is 45.1 Å². The van der Waals surface area contributed by atoms with Gasteiger partial charge >= 0.3 is 17.9 Å². The lowest BCUT2D eigenvalue weighted by Crippen LogP contribution is -2.30. The second-order valence-electron chi connectivity index (χ2n) is 21.0. The summed E-state index contributed by atoms with van der Waals surface area (Å²) in [6.45, 7) is 6.65. The van der Waals surface area contributed by atoms with Crippen molar-refractivity contribution in [2.45, 2.75) is 348 Å². The third-order valence-corrected chi connectivity index (χ3v) is 14.0. The van der Waals surface area contributed by atoms with Crippen LogP contribution in [0.1, 0.15) is 342 Å². The van der Waals surface area contributed by atoms with Crippen LogP contribution in [0.25, 0.3) is 0 Å². The van der Waals surface area contributed by atoms with Crippen molar-refractivity contribution in [1.29, 1.82) is 0 Å². The van der Waals surface area contributed by atoms with Gasteiger partial charge in [0.2, 0.25) is 0 Å². The molecule has 0 heterocycles. The third-order valence-electron chi connectivity index (χ3n) is 14.0. The molecule has 0 fully saturated rings. The standard InChI is InChI=1S/C63H118O6/c1-4-7-10-13-16-19-21-22-23-24-25-26-27-28-29-30-31-32-33-34-35-36-37-38-39-40-42-44-47-50-53-56-62(65)68-59-60(58-67-61(64)55-52-49-46-43-18-15-12-9-6-3)69-63(66)57-54-51-48-45-41-20-17-14-11-8-5-2/h21-22,24-25,60H,4-20,23,26-59H2,1-3H3/b22-21-,25-24-. The van der Waals surface area contributed by atoms with Crippen LogP contribution in [-0.2, 0) is 28.6 Å². The van der Waals surface area contributed by atoms with Crippen molar-refractivity contribution in [2.24, 2.45) is 0 Å². The second-order valence-corrected chi connectivity index (χ2v) is 21.0. The Kier molecular flexibility index (Phi) is 56.7. The SMILES string of the molecule is CCCCCCC/C=C\C/C=C\CCCCCCCCCCCCCCCCCCCCCC(=O)OCC(COC(=O)CCCCCCCCCCC)OC(=O)CCCCCCCCCCCCC. The molecule has 0 aromatic rings. The fourth-order valence-electron chi connectivity index (χ4n) is 9.30. The molecular weight excluding hydrogens is 853 g/mol. The fourth-order valence-corrected chi connectivity index (χ4v) is 9.30. The van der Waals surface area contributed by atoms with Crippen LogP contribution in [0.3, 0.4) is 0 Å². The molecule has 0 saturated carbocycles. The van der Waals surface area contributed by atoms with Crippen molar-refractivity contribution < 1.29 is 28.6 Å². The molecule has 0 radical (unpaired) electrons.